The third-order valence-corrected chi connectivity index (χ3v) is 7.66. The Morgan fingerprint density at radius 3 is 1.88 bits per heavy atom. The van der Waals surface area contributed by atoms with Crippen LogP contribution in [0.25, 0.3) is 0 Å². The van der Waals surface area contributed by atoms with Crippen molar-refractivity contribution in [1.29, 1.82) is 0 Å². The van der Waals surface area contributed by atoms with Gasteiger partial charge in [-0.25, -0.2) is 0 Å². The van der Waals surface area contributed by atoms with E-state index in [1.54, 1.807) is 49.4 Å². The number of ether oxygens (including phenoxy) is 1. The number of nitrogens with zero attached hydrogens (tertiary/aromatic N) is 2. The first-order chi connectivity index (χ1) is 16.5. The molecule has 0 aliphatic carbocycles. The molecule has 240 valence electrons. The van der Waals surface area contributed by atoms with Gasteiger partial charge in [-0.3, -0.25) is 9.84 Å². The molecule has 0 spiro atoms. The van der Waals surface area contributed by atoms with Crippen molar-refractivity contribution in [3.05, 3.63) is 95.6 Å². The van der Waals surface area contributed by atoms with Gasteiger partial charge >= 0.3 is 44.7 Å². The molecular weight excluding hydrogens is 611 g/mol. The Kier molecular flexibility index (Phi) is 40.1. The van der Waals surface area contributed by atoms with Gasteiger partial charge in [0.15, 0.2) is 5.75 Å². The largest absolute Gasteiger partial charge is 1.00 e. The van der Waals surface area contributed by atoms with Gasteiger partial charge < -0.3 is 9.99 Å². The number of benzene rings is 3. The van der Waals surface area contributed by atoms with Crippen LogP contribution in [0.3, 0.4) is 0 Å². The van der Waals surface area contributed by atoms with Crippen LogP contribution in [0.15, 0.2) is 84.0 Å². The number of hydrazone groups is 1. The van der Waals surface area contributed by atoms with Crippen LogP contribution in [-0.4, -0.2) is 25.2 Å². The van der Waals surface area contributed by atoms with Crippen LogP contribution in [0.5, 0.6) is 11.5 Å². The van der Waals surface area contributed by atoms with Gasteiger partial charge in [-0.1, -0.05) is 94.5 Å². The van der Waals surface area contributed by atoms with Gasteiger partial charge in [-0.05, 0) is 64.2 Å². The SMILES string of the molecule is C.C.C.C.C.C.C.C.COc1ccc(/C=N/N(C)[P+](=S)Oc2ccc(C(NCc3ccccc3)[P+](=O)O[O-])cc2)cc1.[Na+]. The maximum Gasteiger partial charge on any atom is 1.00 e. The number of hydrogen-bond donors (Lipinski definition) is 1. The molecule has 3 aromatic rings. The summed E-state index contributed by atoms with van der Waals surface area (Å²) < 4.78 is 28.6. The van der Waals surface area contributed by atoms with Crippen LogP contribution in [0.4, 0.5) is 0 Å². The van der Waals surface area contributed by atoms with Crippen molar-refractivity contribution in [2.75, 3.05) is 14.2 Å². The average Bonchev–Trinajstić information content (AvgIpc) is 2.88. The normalized spacial score (nSPS) is 10.1. The Morgan fingerprint density at radius 1 is 0.884 bits per heavy atom. The fraction of sp³-hybridized carbons (Fsp3) is 0.387. The predicted octanol–water partition coefficient (Wildman–Crippen LogP) is 6.73. The fourth-order valence-corrected chi connectivity index (χ4v) is 4.59. The first-order valence-electron chi connectivity index (χ1n) is 10.2. The molecule has 0 bridgehead atoms. The van der Waals surface area contributed by atoms with E-state index in [1.807, 2.05) is 54.6 Å². The number of methoxy groups -OCH3 is 1. The zero-order valence-electron chi connectivity index (χ0n) is 19.6. The summed E-state index contributed by atoms with van der Waals surface area (Å²) in [6, 6.07) is 24.0. The van der Waals surface area contributed by atoms with Crippen molar-refractivity contribution in [2.24, 2.45) is 5.10 Å². The zero-order chi connectivity index (χ0) is 24.3. The molecule has 3 atom stereocenters. The third kappa shape index (κ3) is 18.6. The summed E-state index contributed by atoms with van der Waals surface area (Å²) in [5.74, 6) is 0.548. The van der Waals surface area contributed by atoms with Gasteiger partial charge in [0.25, 0.3) is 5.78 Å². The Morgan fingerprint density at radius 2 is 1.40 bits per heavy atom. The van der Waals surface area contributed by atoms with Crippen molar-refractivity contribution in [2.45, 2.75) is 71.7 Å². The van der Waals surface area contributed by atoms with E-state index < -0.39 is 20.9 Å². The van der Waals surface area contributed by atoms with E-state index in [9.17, 15) is 9.82 Å². The Hall–Kier alpha value is -1.77. The first-order valence-corrected chi connectivity index (χ1v) is 13.7. The Bertz CT molecular complexity index is 1130. The van der Waals surface area contributed by atoms with Crippen molar-refractivity contribution in [3.63, 3.8) is 0 Å². The molecule has 8 nitrogen and oxygen atoms in total. The van der Waals surface area contributed by atoms with E-state index in [4.69, 9.17) is 21.1 Å². The number of hydrogen-bond acceptors (Lipinski definition) is 8. The van der Waals surface area contributed by atoms with Gasteiger partial charge in [0, 0.05) is 12.1 Å². The summed E-state index contributed by atoms with van der Waals surface area (Å²) in [6.07, 6.45) is 1.69. The van der Waals surface area contributed by atoms with Gasteiger partial charge in [0.05, 0.1) is 20.4 Å². The molecule has 0 aliphatic heterocycles. The third-order valence-electron chi connectivity index (χ3n) is 4.73. The number of rotatable bonds is 12. The molecule has 0 aliphatic rings. The molecule has 43 heavy (non-hydrogen) atoms. The van der Waals surface area contributed by atoms with Crippen LogP contribution in [-0.2, 0) is 27.6 Å². The second kappa shape index (κ2) is 30.3. The predicted molar refractivity (Wildman–Crippen MR) is 188 cm³/mol. The summed E-state index contributed by atoms with van der Waals surface area (Å²) in [6.45, 7) is 0.433. The minimum atomic E-state index is -2.49. The molecule has 0 amide bonds. The van der Waals surface area contributed by atoms with Gasteiger partial charge in [-0.2, -0.15) is 4.67 Å². The van der Waals surface area contributed by atoms with Crippen LogP contribution in [0.2, 0.25) is 0 Å². The average molecular weight is 668 g/mol. The molecule has 0 aromatic heterocycles. The minimum absolute atomic E-state index is 0. The first kappa shape index (κ1) is 57.0. The molecule has 0 saturated heterocycles. The molecule has 0 radical (unpaired) electrons. The van der Waals surface area contributed by atoms with Crippen LogP contribution < -0.4 is 49.4 Å². The molecular formula is C31H56N3NaO5P2S+2. The van der Waals surface area contributed by atoms with Crippen molar-refractivity contribution in [3.8, 4) is 11.5 Å². The van der Waals surface area contributed by atoms with Crippen LogP contribution in [0.1, 0.15) is 81.9 Å². The van der Waals surface area contributed by atoms with E-state index in [0.29, 0.717) is 17.9 Å². The summed E-state index contributed by atoms with van der Waals surface area (Å²) in [5.41, 5.74) is 2.54. The second-order valence-corrected chi connectivity index (χ2v) is 10.4. The Labute approximate surface area is 292 Å². The number of nitrogens with one attached hydrogen (secondary N) is 1. The molecule has 3 rings (SSSR count). The smallest absolute Gasteiger partial charge is 0.674 e. The Balaban J connectivity index is -0.000000288. The van der Waals surface area contributed by atoms with Crippen molar-refractivity contribution in [1.82, 2.24) is 10.1 Å². The van der Waals surface area contributed by atoms with Gasteiger partial charge in [0.1, 0.15) is 5.75 Å². The molecule has 0 heterocycles. The molecule has 1 N–H and O–H groups in total. The minimum Gasteiger partial charge on any atom is -0.674 e. The topological polar surface area (TPSA) is 95.5 Å². The van der Waals surface area contributed by atoms with E-state index in [2.05, 4.69) is 15.1 Å². The van der Waals surface area contributed by atoms with E-state index in [1.165, 1.54) is 0 Å². The standard InChI is InChI=1S/C23H24N3O5P2S.8CH4.Na/c1-26(25-17-19-8-12-21(29-2)13-9-19)33(34)30-22-14-10-20(11-15-22)23(32(28)31-27)24-16-18-6-4-3-5-7-18;;;;;;;;;/h3-15,17,23-24H,16H2,1-2H3;8*1H4;/q+1;;;;;;;;;+1/b25-17+;;;;;;;;;. The molecule has 3 unspecified atom stereocenters. The quantitative estimate of drug-likeness (QED) is 0.0748. The van der Waals surface area contributed by atoms with Crippen LogP contribution in [0, 0.1) is 0 Å². The summed E-state index contributed by atoms with van der Waals surface area (Å²) in [7, 11) is -0.588. The fourth-order valence-electron chi connectivity index (χ4n) is 2.91. The summed E-state index contributed by atoms with van der Waals surface area (Å²) >= 11 is 5.45. The molecule has 0 saturated carbocycles. The molecule has 3 aromatic carbocycles. The summed E-state index contributed by atoms with van der Waals surface area (Å²) in [4.78, 5) is 0. The van der Waals surface area contributed by atoms with Crippen molar-refractivity contribution >= 4 is 33.1 Å². The van der Waals surface area contributed by atoms with Gasteiger partial charge in [0.2, 0.25) is 11.8 Å². The molecule has 12 heteroatoms. The maximum atomic E-state index is 12.2. The monoisotopic (exact) mass is 667 g/mol. The second-order valence-electron chi connectivity index (χ2n) is 7.03. The van der Waals surface area contributed by atoms with E-state index in [0.717, 1.165) is 16.9 Å². The van der Waals surface area contributed by atoms with Gasteiger partial charge in [-0.15, -0.1) is 5.10 Å². The zero-order valence-corrected chi connectivity index (χ0v) is 24.2. The summed E-state index contributed by atoms with van der Waals surface area (Å²) in [5, 5.41) is 18.3. The maximum absolute atomic E-state index is 12.2. The van der Waals surface area contributed by atoms with E-state index in [-0.39, 0.29) is 89.0 Å². The van der Waals surface area contributed by atoms with E-state index >= 15 is 0 Å². The van der Waals surface area contributed by atoms with Crippen molar-refractivity contribution < 1.29 is 53.3 Å². The van der Waals surface area contributed by atoms with Crippen LogP contribution >= 0.6 is 15.1 Å². The molecule has 0 fully saturated rings.